The van der Waals surface area contributed by atoms with Crippen LogP contribution in [-0.2, 0) is 19.1 Å². The first kappa shape index (κ1) is 24.0. The molecule has 1 aliphatic rings. The van der Waals surface area contributed by atoms with Crippen molar-refractivity contribution in [2.75, 3.05) is 6.54 Å². The number of hydrogen-bond donors (Lipinski definition) is 3. The Hall–Kier alpha value is -4.13. The summed E-state index contributed by atoms with van der Waals surface area (Å²) in [6.07, 6.45) is 2.50. The lowest BCUT2D eigenvalue weighted by Gasteiger charge is -2.28. The molecule has 0 bridgehead atoms. The van der Waals surface area contributed by atoms with Crippen LogP contribution >= 0.6 is 0 Å². The van der Waals surface area contributed by atoms with Crippen molar-refractivity contribution >= 4 is 11.7 Å². The van der Waals surface area contributed by atoms with E-state index < -0.39 is 64.8 Å². The molecule has 1 atom stereocenters. The molecule has 1 fully saturated rings. The largest absolute Gasteiger partial charge is 0.501 e. The molecule has 0 spiro atoms. The van der Waals surface area contributed by atoms with Crippen LogP contribution in [0.5, 0.6) is 5.75 Å². The van der Waals surface area contributed by atoms with Gasteiger partial charge in [-0.3, -0.25) is 29.3 Å². The van der Waals surface area contributed by atoms with Crippen LogP contribution in [0.25, 0.3) is 0 Å². The third kappa shape index (κ3) is 4.49. The van der Waals surface area contributed by atoms with Gasteiger partial charge in [0.1, 0.15) is 22.9 Å². The van der Waals surface area contributed by atoms with Crippen molar-refractivity contribution in [3.63, 3.8) is 0 Å². The number of ketones is 1. The van der Waals surface area contributed by atoms with Crippen molar-refractivity contribution in [1.82, 2.24) is 30.2 Å². The minimum atomic E-state index is -3.35. The number of aromatic hydroxyl groups is 1. The summed E-state index contributed by atoms with van der Waals surface area (Å²) < 4.78 is 42.6. The Morgan fingerprint density at radius 1 is 1.23 bits per heavy atom. The summed E-state index contributed by atoms with van der Waals surface area (Å²) in [5.74, 6) is -7.29. The van der Waals surface area contributed by atoms with Gasteiger partial charge >= 0.3 is 0 Å². The summed E-state index contributed by atoms with van der Waals surface area (Å²) in [6.45, 7) is -1.01. The van der Waals surface area contributed by atoms with Gasteiger partial charge in [0.15, 0.2) is 5.69 Å². The zero-order valence-corrected chi connectivity index (χ0v) is 18.3. The number of amides is 1. The van der Waals surface area contributed by atoms with E-state index in [1.165, 1.54) is 36.7 Å². The summed E-state index contributed by atoms with van der Waals surface area (Å²) in [7, 11) is 1.13. The molecule has 1 amide bonds. The quantitative estimate of drug-likeness (QED) is 0.438. The maximum absolute atomic E-state index is 14.4. The highest BCUT2D eigenvalue weighted by Crippen LogP contribution is 2.40. The van der Waals surface area contributed by atoms with Crippen molar-refractivity contribution in [2.24, 2.45) is 7.05 Å². The molecule has 182 valence electrons. The number of aromatic nitrogens is 4. The first-order valence-corrected chi connectivity index (χ1v) is 10.3. The van der Waals surface area contributed by atoms with Gasteiger partial charge in [-0.25, -0.2) is 23.1 Å². The lowest BCUT2D eigenvalue weighted by atomic mass is 9.87. The fourth-order valence-corrected chi connectivity index (χ4v) is 3.85. The number of nitrogens with one attached hydrogen (secondary N) is 2. The fraction of sp³-hybridized carbons (Fsp3) is 0.273. The number of nitrogens with zero attached hydrogens (tertiary/aromatic N) is 4. The first-order valence-electron chi connectivity index (χ1n) is 10.3. The maximum atomic E-state index is 14.4. The second-order valence-electron chi connectivity index (χ2n) is 8.02. The summed E-state index contributed by atoms with van der Waals surface area (Å²) >= 11 is 0. The van der Waals surface area contributed by atoms with Gasteiger partial charge in [0.05, 0.1) is 12.7 Å². The molecular formula is C22H19F3N6O4. The monoisotopic (exact) mass is 488 g/mol. The summed E-state index contributed by atoms with van der Waals surface area (Å²) in [4.78, 5) is 50.5. The Labute approximate surface area is 195 Å². The van der Waals surface area contributed by atoms with Crippen LogP contribution in [0.3, 0.4) is 0 Å². The van der Waals surface area contributed by atoms with E-state index in [2.05, 4.69) is 25.6 Å². The van der Waals surface area contributed by atoms with Crippen LogP contribution in [0.4, 0.5) is 13.2 Å². The standard InChI is InChI=1S/C22H19F3N6O4/c1-31-19(35)16(32)15(18(34)28-8-12-2-4-13(23)5-3-12)30-20(31)22(10-21(24,25)11-29-22)17(33)14-9-26-6-7-27-14/h2-7,9,29,32H,8,10-11H2,1H3,(H,28,34)/t22-/m1/s1. The molecule has 4 rings (SSSR count). The molecule has 13 heteroatoms. The third-order valence-corrected chi connectivity index (χ3v) is 5.59. The SMILES string of the molecule is Cn1c([C@]2(C(=O)c3cnccn3)CC(F)(F)CN2)nc(C(=O)NCc2ccc(F)cc2)c(O)c1=O. The third-order valence-electron chi connectivity index (χ3n) is 5.59. The minimum Gasteiger partial charge on any atom is -0.501 e. The van der Waals surface area contributed by atoms with E-state index in [1.54, 1.807) is 0 Å². The highest BCUT2D eigenvalue weighted by molar-refractivity contribution is 6.02. The first-order chi connectivity index (χ1) is 16.5. The van der Waals surface area contributed by atoms with Crippen LogP contribution in [0.2, 0.25) is 0 Å². The lowest BCUT2D eigenvalue weighted by Crippen LogP contribution is -2.49. The number of halogens is 3. The summed E-state index contributed by atoms with van der Waals surface area (Å²) in [5.41, 5.74) is -3.86. The van der Waals surface area contributed by atoms with E-state index in [1.807, 2.05) is 0 Å². The van der Waals surface area contributed by atoms with Crippen molar-refractivity contribution in [2.45, 2.75) is 24.4 Å². The molecule has 2 aromatic heterocycles. The van der Waals surface area contributed by atoms with Gasteiger partial charge in [0.25, 0.3) is 17.4 Å². The van der Waals surface area contributed by atoms with Crippen molar-refractivity contribution in [1.29, 1.82) is 0 Å². The molecule has 3 N–H and O–H groups in total. The van der Waals surface area contributed by atoms with Crippen molar-refractivity contribution in [3.05, 3.63) is 81.8 Å². The second kappa shape index (κ2) is 8.91. The van der Waals surface area contributed by atoms with E-state index in [-0.39, 0.29) is 12.2 Å². The van der Waals surface area contributed by atoms with Crippen LogP contribution < -0.4 is 16.2 Å². The molecule has 0 unspecified atom stereocenters. The number of hydrogen-bond acceptors (Lipinski definition) is 8. The number of Topliss-reactive ketones (excluding diaryl/α,β-unsaturated/α-hetero) is 1. The van der Waals surface area contributed by atoms with Gasteiger partial charge < -0.3 is 10.4 Å². The van der Waals surface area contributed by atoms with Crippen molar-refractivity contribution in [3.8, 4) is 5.75 Å². The Kier molecular flexibility index (Phi) is 6.11. The number of rotatable bonds is 6. The van der Waals surface area contributed by atoms with Gasteiger partial charge in [-0.15, -0.1) is 0 Å². The van der Waals surface area contributed by atoms with Crippen LogP contribution in [0.1, 0.15) is 38.8 Å². The van der Waals surface area contributed by atoms with Crippen molar-refractivity contribution < 1.29 is 27.9 Å². The van der Waals surface area contributed by atoms with Crippen LogP contribution in [0, 0.1) is 5.82 Å². The molecule has 1 aliphatic heterocycles. The highest BCUT2D eigenvalue weighted by Gasteiger charge is 2.57. The lowest BCUT2D eigenvalue weighted by molar-refractivity contribution is 0.0145. The Bertz CT molecular complexity index is 1350. The molecule has 0 saturated carbocycles. The van der Waals surface area contributed by atoms with E-state index >= 15 is 0 Å². The molecule has 10 nitrogen and oxygen atoms in total. The molecule has 0 aliphatic carbocycles. The van der Waals surface area contributed by atoms with Gasteiger partial charge in [0.2, 0.25) is 11.5 Å². The van der Waals surface area contributed by atoms with Crippen LogP contribution in [0.15, 0.2) is 47.7 Å². The topological polar surface area (TPSA) is 139 Å². The molecule has 35 heavy (non-hydrogen) atoms. The van der Waals surface area contributed by atoms with Gasteiger partial charge in [0, 0.05) is 32.4 Å². The average molecular weight is 488 g/mol. The maximum Gasteiger partial charge on any atom is 0.296 e. The predicted molar refractivity (Wildman–Crippen MR) is 114 cm³/mol. The van der Waals surface area contributed by atoms with E-state index in [0.29, 0.717) is 5.56 Å². The normalized spacial score (nSPS) is 18.9. The molecule has 3 heterocycles. The van der Waals surface area contributed by atoms with Gasteiger partial charge in [-0.05, 0) is 17.7 Å². The number of alkyl halides is 2. The summed E-state index contributed by atoms with van der Waals surface area (Å²) in [6, 6.07) is 5.19. The second-order valence-corrected chi connectivity index (χ2v) is 8.02. The summed E-state index contributed by atoms with van der Waals surface area (Å²) in [5, 5.41) is 15.2. The minimum absolute atomic E-state index is 0.106. The Morgan fingerprint density at radius 3 is 2.54 bits per heavy atom. The number of benzene rings is 1. The Balaban J connectivity index is 1.77. The molecule has 0 radical (unpaired) electrons. The zero-order chi connectivity index (χ0) is 25.4. The number of carbonyl (C=O) groups excluding carboxylic acids is 2. The zero-order valence-electron chi connectivity index (χ0n) is 18.3. The number of carbonyl (C=O) groups is 2. The average Bonchev–Trinajstić information content (AvgIpc) is 3.18. The predicted octanol–water partition coefficient (Wildman–Crippen LogP) is 1.05. The smallest absolute Gasteiger partial charge is 0.296 e. The Morgan fingerprint density at radius 2 is 1.94 bits per heavy atom. The molecule has 1 aromatic carbocycles. The van der Waals surface area contributed by atoms with E-state index in [0.717, 1.165) is 17.8 Å². The molecule has 3 aromatic rings. The van der Waals surface area contributed by atoms with Gasteiger partial charge in [-0.1, -0.05) is 12.1 Å². The van der Waals surface area contributed by atoms with Crippen LogP contribution in [-0.4, -0.2) is 48.8 Å². The highest BCUT2D eigenvalue weighted by atomic mass is 19.3. The van der Waals surface area contributed by atoms with Gasteiger partial charge in [-0.2, -0.15) is 0 Å². The molecule has 1 saturated heterocycles. The van der Waals surface area contributed by atoms with E-state index in [9.17, 15) is 32.7 Å². The van der Waals surface area contributed by atoms with E-state index in [4.69, 9.17) is 0 Å². The molecular weight excluding hydrogens is 469 g/mol. The fourth-order valence-electron chi connectivity index (χ4n) is 3.85.